The van der Waals surface area contributed by atoms with Crippen molar-refractivity contribution < 1.29 is 4.79 Å². The minimum Gasteiger partial charge on any atom is -0.383 e. The molecule has 0 aliphatic heterocycles. The van der Waals surface area contributed by atoms with Crippen LogP contribution in [0.3, 0.4) is 0 Å². The third-order valence-electron chi connectivity index (χ3n) is 4.01. The summed E-state index contributed by atoms with van der Waals surface area (Å²) in [5.74, 6) is 1.32. The monoisotopic (exact) mass is 340 g/mol. The molecule has 1 fully saturated rings. The Morgan fingerprint density at radius 3 is 2.83 bits per heavy atom. The highest BCUT2D eigenvalue weighted by atomic mass is 35.5. The van der Waals surface area contributed by atoms with E-state index in [1.807, 2.05) is 0 Å². The molecule has 0 radical (unpaired) electrons. The summed E-state index contributed by atoms with van der Waals surface area (Å²) in [6, 6.07) is 5.17. The second-order valence-electron chi connectivity index (χ2n) is 5.67. The van der Waals surface area contributed by atoms with Crippen molar-refractivity contribution >= 4 is 39.9 Å². The Labute approximate surface area is 142 Å². The van der Waals surface area contributed by atoms with Crippen molar-refractivity contribution in [2.24, 2.45) is 5.92 Å². The maximum absolute atomic E-state index is 12.4. The largest absolute Gasteiger partial charge is 0.383 e. The number of hydrogen-bond donors (Lipinski definition) is 2. The van der Waals surface area contributed by atoms with Gasteiger partial charge in [-0.15, -0.1) is 0 Å². The van der Waals surface area contributed by atoms with Gasteiger partial charge in [-0.2, -0.15) is 0 Å². The van der Waals surface area contributed by atoms with Crippen molar-refractivity contribution in [2.45, 2.75) is 12.3 Å². The van der Waals surface area contributed by atoms with Gasteiger partial charge in [0.25, 0.3) is 0 Å². The number of fused-ring (bicyclic) bond motifs is 1. The predicted molar refractivity (Wildman–Crippen MR) is 90.5 cm³/mol. The van der Waals surface area contributed by atoms with E-state index in [0.717, 1.165) is 11.8 Å². The van der Waals surface area contributed by atoms with E-state index in [4.69, 9.17) is 17.3 Å². The zero-order valence-electron chi connectivity index (χ0n) is 12.5. The highest BCUT2D eigenvalue weighted by molar-refractivity contribution is 6.30. The molecule has 1 saturated carbocycles. The molecular formula is C16H13ClN6O. The maximum atomic E-state index is 12.4. The number of hydrogen-bond acceptors (Lipinski definition) is 6. The summed E-state index contributed by atoms with van der Waals surface area (Å²) < 4.78 is 0. The molecule has 0 aromatic carbocycles. The van der Waals surface area contributed by atoms with Crippen LogP contribution in [0.4, 0.5) is 11.6 Å². The Kier molecular flexibility index (Phi) is 3.50. The summed E-state index contributed by atoms with van der Waals surface area (Å²) in [6.45, 7) is 0. The van der Waals surface area contributed by atoms with Gasteiger partial charge in [-0.3, -0.25) is 4.79 Å². The molecule has 1 aliphatic rings. The van der Waals surface area contributed by atoms with Gasteiger partial charge in [0.15, 0.2) is 0 Å². The topological polar surface area (TPSA) is 107 Å². The summed E-state index contributed by atoms with van der Waals surface area (Å²) in [6.07, 6.45) is 5.69. The molecule has 120 valence electrons. The van der Waals surface area contributed by atoms with Crippen LogP contribution in [0, 0.1) is 5.92 Å². The highest BCUT2D eigenvalue weighted by Gasteiger charge is 2.46. The van der Waals surface area contributed by atoms with E-state index in [0.29, 0.717) is 28.0 Å². The Balaban J connectivity index is 1.52. The first-order valence-corrected chi connectivity index (χ1v) is 7.79. The molecule has 1 aliphatic carbocycles. The van der Waals surface area contributed by atoms with Gasteiger partial charge in [0.05, 0.1) is 0 Å². The highest BCUT2D eigenvalue weighted by Crippen LogP contribution is 2.46. The van der Waals surface area contributed by atoms with Crippen LogP contribution in [-0.2, 0) is 4.79 Å². The number of pyridine rings is 2. The fraction of sp³-hybridized carbons (Fsp3) is 0.188. The third-order valence-corrected chi connectivity index (χ3v) is 4.20. The molecule has 3 aromatic rings. The van der Waals surface area contributed by atoms with E-state index in [1.165, 1.54) is 0 Å². The van der Waals surface area contributed by atoms with Gasteiger partial charge in [-0.05, 0) is 30.0 Å². The van der Waals surface area contributed by atoms with Gasteiger partial charge in [-0.25, -0.2) is 19.9 Å². The maximum Gasteiger partial charge on any atom is 0.229 e. The minimum atomic E-state index is -0.129. The lowest BCUT2D eigenvalue weighted by atomic mass is 10.2. The van der Waals surface area contributed by atoms with Crippen LogP contribution in [-0.4, -0.2) is 25.8 Å². The molecular weight excluding hydrogens is 328 g/mol. The lowest BCUT2D eigenvalue weighted by Gasteiger charge is -2.07. The van der Waals surface area contributed by atoms with Gasteiger partial charge < -0.3 is 11.1 Å². The molecule has 7 nitrogen and oxygen atoms in total. The van der Waals surface area contributed by atoms with E-state index in [1.54, 1.807) is 36.8 Å². The summed E-state index contributed by atoms with van der Waals surface area (Å²) in [4.78, 5) is 29.0. The van der Waals surface area contributed by atoms with E-state index >= 15 is 0 Å². The van der Waals surface area contributed by atoms with E-state index in [2.05, 4.69) is 25.3 Å². The lowest BCUT2D eigenvalue weighted by Crippen LogP contribution is -2.15. The predicted octanol–water partition coefficient (Wildman–Crippen LogP) is 2.40. The van der Waals surface area contributed by atoms with E-state index in [-0.39, 0.29) is 17.7 Å². The Morgan fingerprint density at radius 1 is 1.25 bits per heavy atom. The first-order chi connectivity index (χ1) is 11.6. The molecule has 0 bridgehead atoms. The second kappa shape index (κ2) is 5.68. The molecule has 3 aromatic heterocycles. The zero-order chi connectivity index (χ0) is 16.7. The van der Waals surface area contributed by atoms with Gasteiger partial charge >= 0.3 is 0 Å². The Morgan fingerprint density at radius 2 is 2.04 bits per heavy atom. The quantitative estimate of drug-likeness (QED) is 0.709. The van der Waals surface area contributed by atoms with E-state index in [9.17, 15) is 4.79 Å². The summed E-state index contributed by atoms with van der Waals surface area (Å²) in [7, 11) is 0. The molecule has 4 rings (SSSR count). The van der Waals surface area contributed by atoms with Crippen molar-refractivity contribution in [2.75, 3.05) is 11.1 Å². The normalized spacial score (nSPS) is 19.2. The lowest BCUT2D eigenvalue weighted by molar-refractivity contribution is -0.117. The average molecular weight is 341 g/mol. The van der Waals surface area contributed by atoms with Crippen molar-refractivity contribution in [3.05, 3.63) is 47.8 Å². The number of anilines is 2. The van der Waals surface area contributed by atoms with Gasteiger partial charge in [0, 0.05) is 35.8 Å². The van der Waals surface area contributed by atoms with Crippen LogP contribution in [0.5, 0.6) is 0 Å². The number of nitrogens with zero attached hydrogens (tertiary/aromatic N) is 4. The Bertz CT molecular complexity index is 933. The fourth-order valence-corrected chi connectivity index (χ4v) is 2.91. The molecule has 24 heavy (non-hydrogen) atoms. The van der Waals surface area contributed by atoms with Crippen LogP contribution < -0.4 is 11.1 Å². The zero-order valence-corrected chi connectivity index (χ0v) is 13.2. The number of amides is 1. The molecule has 0 spiro atoms. The fourth-order valence-electron chi connectivity index (χ4n) is 2.70. The second-order valence-corrected chi connectivity index (χ2v) is 6.05. The molecule has 3 N–H and O–H groups in total. The molecule has 1 amide bonds. The number of aromatic nitrogens is 4. The van der Waals surface area contributed by atoms with Crippen molar-refractivity contribution in [3.63, 3.8) is 0 Å². The summed E-state index contributed by atoms with van der Waals surface area (Å²) in [5.41, 5.74) is 5.81. The number of nitrogens with two attached hydrogens (primary N) is 1. The number of nitrogens with one attached hydrogen (secondary N) is 1. The average Bonchev–Trinajstić information content (AvgIpc) is 3.36. The number of carbonyl (C=O) groups is 1. The molecule has 3 heterocycles. The third kappa shape index (κ3) is 2.74. The van der Waals surface area contributed by atoms with Gasteiger partial charge in [0.2, 0.25) is 5.91 Å². The number of nitrogen functional groups attached to an aromatic ring is 1. The van der Waals surface area contributed by atoms with Crippen molar-refractivity contribution in [1.82, 2.24) is 19.9 Å². The molecule has 8 heteroatoms. The Hall–Kier alpha value is -2.80. The minimum absolute atomic E-state index is 0.0703. The first-order valence-electron chi connectivity index (χ1n) is 7.41. The first kappa shape index (κ1) is 14.8. The van der Waals surface area contributed by atoms with Gasteiger partial charge in [0.1, 0.15) is 22.6 Å². The number of halogens is 1. The SMILES string of the molecule is Nc1nc(Cl)cc2cc(NC(=O)[C@@H]3C[C@H]3c3ncccn3)ncc12. The summed E-state index contributed by atoms with van der Waals surface area (Å²) >= 11 is 5.92. The van der Waals surface area contributed by atoms with Crippen LogP contribution in [0.15, 0.2) is 36.8 Å². The van der Waals surface area contributed by atoms with Crippen molar-refractivity contribution in [3.8, 4) is 0 Å². The molecule has 0 unspecified atom stereocenters. The van der Waals surface area contributed by atoms with Crippen LogP contribution in [0.2, 0.25) is 5.15 Å². The molecule has 2 atom stereocenters. The van der Waals surface area contributed by atoms with Crippen LogP contribution in [0.25, 0.3) is 10.8 Å². The van der Waals surface area contributed by atoms with E-state index < -0.39 is 0 Å². The molecule has 0 saturated heterocycles. The van der Waals surface area contributed by atoms with Crippen LogP contribution in [0.1, 0.15) is 18.2 Å². The smallest absolute Gasteiger partial charge is 0.229 e. The number of carbonyl (C=O) groups excluding carboxylic acids is 1. The van der Waals surface area contributed by atoms with Crippen molar-refractivity contribution in [1.29, 1.82) is 0 Å². The number of rotatable bonds is 3. The summed E-state index contributed by atoms with van der Waals surface area (Å²) in [5, 5.41) is 4.59. The standard InChI is InChI=1S/C16H13ClN6O/c17-12-4-8-5-13(21-7-11(8)14(18)22-12)23-16(24)10-6-9(10)15-19-2-1-3-20-15/h1-5,7,9-10H,6H2,(H2,18,22)(H,21,23,24)/t9-,10-/m1/s1. The van der Waals surface area contributed by atoms with Gasteiger partial charge in [-0.1, -0.05) is 11.6 Å². The van der Waals surface area contributed by atoms with Crippen LogP contribution >= 0.6 is 11.6 Å².